The van der Waals surface area contributed by atoms with E-state index in [-0.39, 0.29) is 30.1 Å². The minimum atomic E-state index is -0.562. The van der Waals surface area contributed by atoms with Crippen LogP contribution in [-0.4, -0.2) is 20.9 Å². The molecule has 2 heterocycles. The van der Waals surface area contributed by atoms with Gasteiger partial charge in [0.05, 0.1) is 5.57 Å². The van der Waals surface area contributed by atoms with E-state index in [1.165, 1.54) is 23.5 Å². The van der Waals surface area contributed by atoms with Gasteiger partial charge in [0, 0.05) is 10.6 Å². The van der Waals surface area contributed by atoms with Crippen LogP contribution in [0, 0.1) is 5.82 Å². The van der Waals surface area contributed by atoms with E-state index in [0.29, 0.717) is 11.1 Å². The number of hydrogen-bond donors (Lipinski definition) is 2. The van der Waals surface area contributed by atoms with Crippen molar-refractivity contribution in [2.45, 2.75) is 6.61 Å². The number of aromatic nitrogens is 3. The summed E-state index contributed by atoms with van der Waals surface area (Å²) in [5.74, 6) is -0.459. The highest BCUT2D eigenvalue weighted by Gasteiger charge is 2.16. The molecule has 0 saturated heterocycles. The van der Waals surface area contributed by atoms with Crippen LogP contribution in [-0.2, 0) is 16.1 Å². The Balaban J connectivity index is 1.51. The third-order valence-corrected chi connectivity index (χ3v) is 5.15. The minimum absolute atomic E-state index is 0.00446. The van der Waals surface area contributed by atoms with Gasteiger partial charge in [0.2, 0.25) is 11.9 Å². The molecule has 160 valence electrons. The van der Waals surface area contributed by atoms with Crippen LogP contribution in [0.1, 0.15) is 16.3 Å². The highest BCUT2D eigenvalue weighted by Crippen LogP contribution is 2.25. The van der Waals surface area contributed by atoms with Crippen LogP contribution >= 0.6 is 11.3 Å². The summed E-state index contributed by atoms with van der Waals surface area (Å²) in [4.78, 5) is 26.0. The first-order valence-electron chi connectivity index (χ1n) is 9.57. The molecular formula is C23H18FN5O2S. The van der Waals surface area contributed by atoms with E-state index in [1.807, 2.05) is 47.8 Å². The third-order valence-electron chi connectivity index (χ3n) is 4.25. The summed E-state index contributed by atoms with van der Waals surface area (Å²) in [5.41, 5.74) is 7.58. The molecule has 3 N–H and O–H groups in total. The predicted octanol–water partition coefficient (Wildman–Crippen LogP) is 4.68. The molecule has 9 heteroatoms. The minimum Gasteiger partial charge on any atom is -0.454 e. The third kappa shape index (κ3) is 5.52. The van der Waals surface area contributed by atoms with Gasteiger partial charge in [-0.2, -0.15) is 15.0 Å². The zero-order chi connectivity index (χ0) is 22.3. The first-order valence-corrected chi connectivity index (χ1v) is 10.5. The van der Waals surface area contributed by atoms with Crippen LogP contribution in [0.4, 0.5) is 22.0 Å². The molecule has 0 spiro atoms. The molecule has 7 nitrogen and oxygen atoms in total. The van der Waals surface area contributed by atoms with Gasteiger partial charge in [-0.3, -0.25) is 0 Å². The lowest BCUT2D eigenvalue weighted by atomic mass is 10.1. The van der Waals surface area contributed by atoms with E-state index >= 15 is 0 Å². The molecule has 0 bridgehead atoms. The smallest absolute Gasteiger partial charge is 0.340 e. The van der Waals surface area contributed by atoms with Crippen LogP contribution in [0.3, 0.4) is 0 Å². The number of hydrogen-bond acceptors (Lipinski definition) is 8. The van der Waals surface area contributed by atoms with Crippen LogP contribution < -0.4 is 11.1 Å². The fourth-order valence-electron chi connectivity index (χ4n) is 2.80. The van der Waals surface area contributed by atoms with Crippen molar-refractivity contribution in [2.24, 2.45) is 0 Å². The molecule has 0 radical (unpaired) electrons. The molecule has 0 unspecified atom stereocenters. The van der Waals surface area contributed by atoms with E-state index in [4.69, 9.17) is 10.5 Å². The molecule has 4 rings (SSSR count). The van der Waals surface area contributed by atoms with Gasteiger partial charge in [-0.05, 0) is 47.4 Å². The molecule has 0 amide bonds. The fourth-order valence-corrected chi connectivity index (χ4v) is 3.54. The van der Waals surface area contributed by atoms with E-state index in [1.54, 1.807) is 18.2 Å². The van der Waals surface area contributed by atoms with Crippen LogP contribution in [0.2, 0.25) is 0 Å². The number of anilines is 3. The van der Waals surface area contributed by atoms with Gasteiger partial charge in [-0.1, -0.05) is 36.4 Å². The lowest BCUT2D eigenvalue weighted by Crippen LogP contribution is -2.11. The first kappa shape index (κ1) is 21.1. The summed E-state index contributed by atoms with van der Waals surface area (Å²) < 4.78 is 18.7. The number of nitrogens with two attached hydrogens (primary N) is 1. The van der Waals surface area contributed by atoms with Crippen molar-refractivity contribution >= 4 is 46.5 Å². The number of thiophene rings is 1. The SMILES string of the molecule is Nc1nc(COC(=O)C(=Cc2ccc(F)cc2)c2cccs2)nc(Nc2ccccc2)n1. The molecule has 2 aromatic heterocycles. The number of ether oxygens (including phenoxy) is 1. The number of halogens is 1. The van der Waals surface area contributed by atoms with E-state index in [9.17, 15) is 9.18 Å². The average Bonchev–Trinajstić information content (AvgIpc) is 3.32. The monoisotopic (exact) mass is 447 g/mol. The molecule has 32 heavy (non-hydrogen) atoms. The number of rotatable bonds is 7. The lowest BCUT2D eigenvalue weighted by molar-refractivity contribution is -0.138. The molecule has 4 aromatic rings. The molecule has 0 aliphatic heterocycles. The number of nitrogens with zero attached hydrogens (tertiary/aromatic N) is 3. The van der Waals surface area contributed by atoms with Crippen molar-refractivity contribution < 1.29 is 13.9 Å². The normalized spacial score (nSPS) is 11.2. The second-order valence-electron chi connectivity index (χ2n) is 6.59. The van der Waals surface area contributed by atoms with Gasteiger partial charge < -0.3 is 15.8 Å². The largest absolute Gasteiger partial charge is 0.454 e. The van der Waals surface area contributed by atoms with E-state index in [0.717, 1.165) is 10.6 Å². The Morgan fingerprint density at radius 1 is 1.03 bits per heavy atom. The Hall–Kier alpha value is -4.11. The van der Waals surface area contributed by atoms with Gasteiger partial charge >= 0.3 is 5.97 Å². The predicted molar refractivity (Wildman–Crippen MR) is 122 cm³/mol. The Kier molecular flexibility index (Phi) is 6.47. The number of esters is 1. The molecule has 0 saturated carbocycles. The maximum absolute atomic E-state index is 13.2. The second kappa shape index (κ2) is 9.80. The van der Waals surface area contributed by atoms with Crippen molar-refractivity contribution in [1.29, 1.82) is 0 Å². The van der Waals surface area contributed by atoms with Gasteiger partial charge in [-0.15, -0.1) is 11.3 Å². The molecular weight excluding hydrogens is 429 g/mol. The number of para-hydroxylation sites is 1. The summed E-state index contributed by atoms with van der Waals surface area (Å²) >= 11 is 1.40. The number of carbonyl (C=O) groups excluding carboxylic acids is 1. The Morgan fingerprint density at radius 3 is 2.53 bits per heavy atom. The molecule has 0 atom stereocenters. The number of nitrogens with one attached hydrogen (secondary N) is 1. The van der Waals surface area contributed by atoms with Crippen molar-refractivity contribution in [3.05, 3.63) is 94.2 Å². The quantitative estimate of drug-likeness (QED) is 0.313. The highest BCUT2D eigenvalue weighted by molar-refractivity contribution is 7.11. The van der Waals surface area contributed by atoms with Crippen molar-refractivity contribution in [2.75, 3.05) is 11.1 Å². The molecule has 0 aliphatic rings. The maximum Gasteiger partial charge on any atom is 0.340 e. The average molecular weight is 447 g/mol. The van der Waals surface area contributed by atoms with E-state index in [2.05, 4.69) is 20.3 Å². The molecule has 0 fully saturated rings. The zero-order valence-corrected chi connectivity index (χ0v) is 17.6. The van der Waals surface area contributed by atoms with Gasteiger partial charge in [-0.25, -0.2) is 9.18 Å². The Labute approximate surface area is 187 Å². The zero-order valence-electron chi connectivity index (χ0n) is 16.7. The standard InChI is InChI=1S/C23H18FN5O2S/c24-16-10-8-15(9-11-16)13-18(19-7-4-12-32-19)21(30)31-14-20-27-22(25)29-23(28-20)26-17-5-2-1-3-6-17/h1-13H,14H2,(H3,25,26,27,28,29). The lowest BCUT2D eigenvalue weighted by Gasteiger charge is -2.09. The number of nitrogen functional groups attached to an aromatic ring is 1. The molecule has 0 aliphatic carbocycles. The van der Waals surface area contributed by atoms with Gasteiger partial charge in [0.15, 0.2) is 12.4 Å². The highest BCUT2D eigenvalue weighted by atomic mass is 32.1. The summed E-state index contributed by atoms with van der Waals surface area (Å²) in [6.07, 6.45) is 1.65. The molecule has 2 aromatic carbocycles. The van der Waals surface area contributed by atoms with Gasteiger partial charge in [0.1, 0.15) is 5.82 Å². The fraction of sp³-hybridized carbons (Fsp3) is 0.0435. The first-order chi connectivity index (χ1) is 15.6. The second-order valence-corrected chi connectivity index (χ2v) is 7.54. The summed E-state index contributed by atoms with van der Waals surface area (Å²) in [7, 11) is 0. The summed E-state index contributed by atoms with van der Waals surface area (Å²) in [6.45, 7) is -0.193. The summed E-state index contributed by atoms with van der Waals surface area (Å²) in [6, 6.07) is 18.8. The maximum atomic E-state index is 13.2. The summed E-state index contributed by atoms with van der Waals surface area (Å²) in [5, 5.41) is 4.89. The Bertz CT molecular complexity index is 1230. The van der Waals surface area contributed by atoms with Crippen LogP contribution in [0.25, 0.3) is 11.6 Å². The van der Waals surface area contributed by atoms with Crippen molar-refractivity contribution in [1.82, 2.24) is 15.0 Å². The van der Waals surface area contributed by atoms with Crippen LogP contribution in [0.15, 0.2) is 72.1 Å². The van der Waals surface area contributed by atoms with Crippen molar-refractivity contribution in [3.8, 4) is 0 Å². The number of carbonyl (C=O) groups is 1. The van der Waals surface area contributed by atoms with Gasteiger partial charge in [0.25, 0.3) is 0 Å². The van der Waals surface area contributed by atoms with Crippen molar-refractivity contribution in [3.63, 3.8) is 0 Å². The van der Waals surface area contributed by atoms with Crippen LogP contribution in [0.5, 0.6) is 0 Å². The topological polar surface area (TPSA) is 103 Å². The Morgan fingerprint density at radius 2 is 1.81 bits per heavy atom. The van der Waals surface area contributed by atoms with E-state index < -0.39 is 5.97 Å². The number of benzene rings is 2.